The number of nitrogens with one attached hydrogen (secondary N) is 2. The summed E-state index contributed by atoms with van der Waals surface area (Å²) in [5.74, 6) is 1.42. The number of fused-ring (bicyclic) bond motifs is 1. The number of anilines is 1. The van der Waals surface area contributed by atoms with Crippen molar-refractivity contribution in [1.29, 1.82) is 0 Å². The van der Waals surface area contributed by atoms with Gasteiger partial charge in [0.25, 0.3) is 0 Å². The van der Waals surface area contributed by atoms with Crippen molar-refractivity contribution in [2.75, 3.05) is 5.32 Å². The molecule has 2 heterocycles. The largest absolute Gasteiger partial charge is 0.311 e. The van der Waals surface area contributed by atoms with Crippen LogP contribution >= 0.6 is 0 Å². The molecule has 2 N–H and O–H groups in total. The van der Waals surface area contributed by atoms with Crippen LogP contribution in [0.2, 0.25) is 0 Å². The number of carbonyl (C=O) groups is 1. The number of hydrogen-bond acceptors (Lipinski definition) is 3. The number of hydrogen-bond donors (Lipinski definition) is 2. The zero-order valence-electron chi connectivity index (χ0n) is 12.1. The maximum absolute atomic E-state index is 12.3. The second-order valence-corrected chi connectivity index (χ2v) is 5.79. The van der Waals surface area contributed by atoms with E-state index in [1.165, 1.54) is 12.8 Å². The molecule has 0 spiro atoms. The lowest BCUT2D eigenvalue weighted by atomic mass is 10.1. The summed E-state index contributed by atoms with van der Waals surface area (Å²) in [6.07, 6.45) is 4.51. The SMILES string of the molecule is O=C(Cc1[nH]nc2ccccc12)Nc1ccnn1CC1CC1. The molecule has 4 rings (SSSR count). The molecule has 1 fully saturated rings. The first-order valence-electron chi connectivity index (χ1n) is 7.53. The van der Waals surface area contributed by atoms with E-state index in [0.29, 0.717) is 5.92 Å². The molecule has 0 aliphatic heterocycles. The van der Waals surface area contributed by atoms with Gasteiger partial charge in [0.05, 0.1) is 23.8 Å². The van der Waals surface area contributed by atoms with Gasteiger partial charge in [0.1, 0.15) is 5.82 Å². The molecular weight excluding hydrogens is 278 g/mol. The van der Waals surface area contributed by atoms with Gasteiger partial charge < -0.3 is 5.32 Å². The lowest BCUT2D eigenvalue weighted by Crippen LogP contribution is -2.18. The van der Waals surface area contributed by atoms with E-state index in [1.54, 1.807) is 6.20 Å². The second-order valence-electron chi connectivity index (χ2n) is 5.79. The molecule has 6 nitrogen and oxygen atoms in total. The Balaban J connectivity index is 1.47. The number of benzene rings is 1. The minimum absolute atomic E-state index is 0.0630. The van der Waals surface area contributed by atoms with Gasteiger partial charge in [-0.15, -0.1) is 0 Å². The monoisotopic (exact) mass is 295 g/mol. The number of para-hydroxylation sites is 1. The summed E-state index contributed by atoms with van der Waals surface area (Å²) < 4.78 is 1.88. The summed E-state index contributed by atoms with van der Waals surface area (Å²) in [4.78, 5) is 12.3. The maximum Gasteiger partial charge on any atom is 0.231 e. The van der Waals surface area contributed by atoms with Crippen LogP contribution in [0.1, 0.15) is 18.5 Å². The van der Waals surface area contributed by atoms with Crippen LogP contribution in [0.3, 0.4) is 0 Å². The molecule has 0 bridgehead atoms. The molecule has 22 heavy (non-hydrogen) atoms. The molecule has 0 radical (unpaired) electrons. The normalized spacial score (nSPS) is 14.4. The summed E-state index contributed by atoms with van der Waals surface area (Å²) in [6, 6.07) is 9.62. The average molecular weight is 295 g/mol. The number of amides is 1. The van der Waals surface area contributed by atoms with Gasteiger partial charge in [0.2, 0.25) is 5.91 Å². The fourth-order valence-corrected chi connectivity index (χ4v) is 2.63. The molecule has 3 aromatic rings. The molecule has 0 atom stereocenters. The van der Waals surface area contributed by atoms with Crippen LogP contribution in [-0.4, -0.2) is 25.9 Å². The van der Waals surface area contributed by atoms with Crippen molar-refractivity contribution in [2.24, 2.45) is 5.92 Å². The average Bonchev–Trinajstić information content (AvgIpc) is 3.10. The third kappa shape index (κ3) is 2.59. The van der Waals surface area contributed by atoms with Crippen LogP contribution in [0.25, 0.3) is 10.9 Å². The van der Waals surface area contributed by atoms with Crippen LogP contribution in [0.5, 0.6) is 0 Å². The molecule has 2 aromatic heterocycles. The predicted octanol–water partition coefficient (Wildman–Crippen LogP) is 2.35. The summed E-state index contributed by atoms with van der Waals surface area (Å²) in [7, 11) is 0. The number of aromatic amines is 1. The van der Waals surface area contributed by atoms with Gasteiger partial charge in [0, 0.05) is 18.0 Å². The van der Waals surface area contributed by atoms with E-state index < -0.39 is 0 Å². The highest BCUT2D eigenvalue weighted by atomic mass is 16.1. The number of nitrogens with zero attached hydrogens (tertiary/aromatic N) is 3. The molecule has 6 heteroatoms. The Morgan fingerprint density at radius 2 is 2.18 bits per heavy atom. The standard InChI is InChI=1S/C16H17N5O/c22-16(9-14-12-3-1-2-4-13(12)19-20-14)18-15-7-8-17-21(15)10-11-5-6-11/h1-4,7-8,11H,5-6,9-10H2,(H,18,22)(H,19,20). The van der Waals surface area contributed by atoms with Crippen LogP contribution in [0.4, 0.5) is 5.82 Å². The van der Waals surface area contributed by atoms with Crippen molar-refractivity contribution in [3.05, 3.63) is 42.2 Å². The van der Waals surface area contributed by atoms with E-state index in [-0.39, 0.29) is 12.3 Å². The van der Waals surface area contributed by atoms with E-state index in [9.17, 15) is 4.79 Å². The third-order valence-electron chi connectivity index (χ3n) is 3.99. The minimum Gasteiger partial charge on any atom is -0.311 e. The van der Waals surface area contributed by atoms with Crippen LogP contribution in [0.15, 0.2) is 36.5 Å². The van der Waals surface area contributed by atoms with E-state index in [0.717, 1.165) is 29.0 Å². The van der Waals surface area contributed by atoms with Crippen LogP contribution in [0, 0.1) is 5.92 Å². The van der Waals surface area contributed by atoms with Gasteiger partial charge in [0.15, 0.2) is 0 Å². The summed E-state index contributed by atoms with van der Waals surface area (Å²) >= 11 is 0. The van der Waals surface area contributed by atoms with Crippen molar-refractivity contribution in [3.63, 3.8) is 0 Å². The molecule has 1 aromatic carbocycles. The fraction of sp³-hybridized carbons (Fsp3) is 0.312. The Bertz CT molecular complexity index is 815. The minimum atomic E-state index is -0.0630. The summed E-state index contributed by atoms with van der Waals surface area (Å²) in [6.45, 7) is 0.885. The maximum atomic E-state index is 12.3. The van der Waals surface area contributed by atoms with Crippen molar-refractivity contribution in [2.45, 2.75) is 25.8 Å². The summed E-state index contributed by atoms with van der Waals surface area (Å²) in [5, 5.41) is 15.4. The Labute approximate surface area is 127 Å². The van der Waals surface area contributed by atoms with Gasteiger partial charge in [-0.25, -0.2) is 4.68 Å². The number of H-pyrrole nitrogens is 1. The molecule has 1 aliphatic rings. The Morgan fingerprint density at radius 1 is 1.32 bits per heavy atom. The fourth-order valence-electron chi connectivity index (χ4n) is 2.63. The van der Waals surface area contributed by atoms with E-state index in [1.807, 2.05) is 35.0 Å². The highest BCUT2D eigenvalue weighted by Gasteiger charge is 2.23. The van der Waals surface area contributed by atoms with Crippen molar-refractivity contribution >= 4 is 22.6 Å². The van der Waals surface area contributed by atoms with E-state index in [4.69, 9.17) is 0 Å². The first kappa shape index (κ1) is 13.1. The highest BCUT2D eigenvalue weighted by molar-refractivity contribution is 5.94. The smallest absolute Gasteiger partial charge is 0.231 e. The van der Waals surface area contributed by atoms with Gasteiger partial charge >= 0.3 is 0 Å². The Kier molecular flexibility index (Phi) is 3.14. The third-order valence-corrected chi connectivity index (χ3v) is 3.99. The van der Waals surface area contributed by atoms with Crippen molar-refractivity contribution in [1.82, 2.24) is 20.0 Å². The quantitative estimate of drug-likeness (QED) is 0.758. The van der Waals surface area contributed by atoms with Crippen LogP contribution in [-0.2, 0) is 17.8 Å². The zero-order valence-corrected chi connectivity index (χ0v) is 12.1. The number of rotatable bonds is 5. The van der Waals surface area contributed by atoms with Gasteiger partial charge in [-0.1, -0.05) is 18.2 Å². The zero-order chi connectivity index (χ0) is 14.9. The predicted molar refractivity (Wildman–Crippen MR) is 83.4 cm³/mol. The molecule has 0 unspecified atom stereocenters. The Morgan fingerprint density at radius 3 is 3.05 bits per heavy atom. The summed E-state index contributed by atoms with van der Waals surface area (Å²) in [5.41, 5.74) is 1.71. The number of carbonyl (C=O) groups excluding carboxylic acids is 1. The highest BCUT2D eigenvalue weighted by Crippen LogP contribution is 2.31. The molecular formula is C16H17N5O. The van der Waals surface area contributed by atoms with E-state index >= 15 is 0 Å². The van der Waals surface area contributed by atoms with Crippen molar-refractivity contribution < 1.29 is 4.79 Å². The van der Waals surface area contributed by atoms with Gasteiger partial charge in [-0.2, -0.15) is 10.2 Å². The van der Waals surface area contributed by atoms with Gasteiger partial charge in [-0.3, -0.25) is 9.89 Å². The van der Waals surface area contributed by atoms with Crippen molar-refractivity contribution in [3.8, 4) is 0 Å². The molecule has 0 saturated heterocycles. The first-order chi connectivity index (χ1) is 10.8. The Hall–Kier alpha value is -2.63. The molecule has 1 aliphatic carbocycles. The lowest BCUT2D eigenvalue weighted by molar-refractivity contribution is -0.115. The lowest BCUT2D eigenvalue weighted by Gasteiger charge is -2.08. The van der Waals surface area contributed by atoms with Crippen LogP contribution < -0.4 is 5.32 Å². The first-order valence-corrected chi connectivity index (χ1v) is 7.53. The second kappa shape index (κ2) is 5.29. The van der Waals surface area contributed by atoms with Gasteiger partial charge in [-0.05, 0) is 24.8 Å². The topological polar surface area (TPSA) is 75.6 Å². The molecule has 1 saturated carbocycles. The molecule has 112 valence electrons. The number of aromatic nitrogens is 4. The molecule has 1 amide bonds. The van der Waals surface area contributed by atoms with E-state index in [2.05, 4.69) is 20.6 Å².